The van der Waals surface area contributed by atoms with Gasteiger partial charge in [-0.25, -0.2) is 0 Å². The number of hydrogen-bond donors (Lipinski definition) is 1. The number of likely N-dealkylation sites (tertiary alicyclic amines) is 1. The molecule has 1 amide bonds. The zero-order valence-corrected chi connectivity index (χ0v) is 20.5. The monoisotopic (exact) mass is 463 g/mol. The molecular formula is C27H37N5O2. The topological polar surface area (TPSA) is 81.5 Å². The molecule has 7 nitrogen and oxygen atoms in total. The molecule has 7 heteroatoms. The molecule has 2 aliphatic rings. The van der Waals surface area contributed by atoms with Gasteiger partial charge in [0.15, 0.2) is 0 Å². The molecule has 182 valence electrons. The highest BCUT2D eigenvalue weighted by Crippen LogP contribution is 2.30. The fraction of sp³-hybridized carbons (Fsp3) is 0.593. The van der Waals surface area contributed by atoms with Gasteiger partial charge in [0.05, 0.1) is 23.3 Å². The number of nitrogens with zero attached hydrogens (tertiary/aromatic N) is 4. The number of nitrogens with one attached hydrogen (secondary N) is 1. The zero-order chi connectivity index (χ0) is 23.9. The Morgan fingerprint density at radius 2 is 2.06 bits per heavy atom. The van der Waals surface area contributed by atoms with Crippen molar-refractivity contribution in [2.45, 2.75) is 70.6 Å². The summed E-state index contributed by atoms with van der Waals surface area (Å²) in [5.74, 6) is 0.205. The Bertz CT molecular complexity index is 1010. The molecule has 2 fully saturated rings. The van der Waals surface area contributed by atoms with Gasteiger partial charge in [-0.3, -0.25) is 9.78 Å². The molecule has 1 N–H and O–H groups in total. The molecule has 0 saturated carbocycles. The fourth-order valence-electron chi connectivity index (χ4n) is 5.25. The molecule has 2 saturated heterocycles. The van der Waals surface area contributed by atoms with Crippen molar-refractivity contribution < 1.29 is 9.53 Å². The van der Waals surface area contributed by atoms with Crippen molar-refractivity contribution in [3.63, 3.8) is 0 Å². The van der Waals surface area contributed by atoms with Crippen LogP contribution in [0.3, 0.4) is 0 Å². The molecule has 2 atom stereocenters. The number of morpholine rings is 1. The molecule has 1 aromatic carbocycles. The van der Waals surface area contributed by atoms with Gasteiger partial charge in [-0.2, -0.15) is 5.26 Å². The molecule has 0 radical (unpaired) electrons. The molecule has 0 unspecified atom stereocenters. The molecule has 2 aromatic rings. The van der Waals surface area contributed by atoms with E-state index in [2.05, 4.69) is 46.1 Å². The number of nitriles is 1. The largest absolute Gasteiger partial charge is 0.370 e. The Kier molecular flexibility index (Phi) is 8.36. The van der Waals surface area contributed by atoms with Gasteiger partial charge in [-0.1, -0.05) is 19.8 Å². The summed E-state index contributed by atoms with van der Waals surface area (Å²) in [7, 11) is 0. The smallest absolute Gasteiger partial charge is 0.220 e. The number of carbonyl (C=O) groups excluding carboxylic acids is 1. The quantitative estimate of drug-likeness (QED) is 0.599. The lowest BCUT2D eigenvalue weighted by molar-refractivity contribution is -0.122. The van der Waals surface area contributed by atoms with Crippen LogP contribution in [-0.4, -0.2) is 66.8 Å². The predicted molar refractivity (Wildman–Crippen MR) is 135 cm³/mol. The Hall–Kier alpha value is -2.69. The van der Waals surface area contributed by atoms with Crippen LogP contribution in [0.5, 0.6) is 0 Å². The van der Waals surface area contributed by atoms with E-state index in [0.717, 1.165) is 81.4 Å². The van der Waals surface area contributed by atoms with E-state index in [0.29, 0.717) is 18.0 Å². The second-order valence-corrected chi connectivity index (χ2v) is 9.72. The Labute approximate surface area is 203 Å². The van der Waals surface area contributed by atoms with E-state index < -0.39 is 0 Å². The Morgan fingerprint density at radius 3 is 2.82 bits per heavy atom. The maximum absolute atomic E-state index is 12.2. The molecule has 4 rings (SSSR count). The first-order valence-electron chi connectivity index (χ1n) is 12.8. The Balaban J connectivity index is 1.33. The van der Waals surface area contributed by atoms with Gasteiger partial charge >= 0.3 is 0 Å². The number of carbonyl (C=O) groups is 1. The van der Waals surface area contributed by atoms with E-state index in [4.69, 9.17) is 4.74 Å². The zero-order valence-electron chi connectivity index (χ0n) is 20.5. The van der Waals surface area contributed by atoms with Crippen molar-refractivity contribution in [3.05, 3.63) is 36.0 Å². The minimum Gasteiger partial charge on any atom is -0.370 e. The number of piperidine rings is 1. The standard InChI is InChI=1S/C27H37N5O2/c1-3-4-5-8-26(33)30-22-11-14-31(15-12-22)18-23-19-32(17-20(2)34-23)25-10-9-21(16-28)27-24(25)7-6-13-29-27/h6-7,9-10,13,20,22-23H,3-5,8,11-12,14-15,17-19H2,1-2H3,(H,30,33)/t20-,23+/m1/s1. The third-order valence-corrected chi connectivity index (χ3v) is 6.96. The van der Waals surface area contributed by atoms with Gasteiger partial charge < -0.3 is 19.9 Å². The van der Waals surface area contributed by atoms with E-state index in [1.165, 1.54) is 0 Å². The van der Waals surface area contributed by atoms with Gasteiger partial charge in [-0.05, 0) is 50.5 Å². The predicted octanol–water partition coefficient (Wildman–Crippen LogP) is 3.86. The third kappa shape index (κ3) is 6.05. The highest BCUT2D eigenvalue weighted by atomic mass is 16.5. The van der Waals surface area contributed by atoms with Crippen LogP contribution in [0.1, 0.15) is 57.9 Å². The molecule has 0 aliphatic carbocycles. The average Bonchev–Trinajstić information content (AvgIpc) is 2.84. The number of hydrogen-bond acceptors (Lipinski definition) is 6. The summed E-state index contributed by atoms with van der Waals surface area (Å²) in [6.07, 6.45) is 7.88. The van der Waals surface area contributed by atoms with E-state index in [-0.39, 0.29) is 18.1 Å². The molecule has 2 aliphatic heterocycles. The van der Waals surface area contributed by atoms with Gasteiger partial charge in [0.2, 0.25) is 5.91 Å². The summed E-state index contributed by atoms with van der Waals surface area (Å²) >= 11 is 0. The lowest BCUT2D eigenvalue weighted by Gasteiger charge is -2.41. The number of rotatable bonds is 8. The maximum atomic E-state index is 12.2. The van der Waals surface area contributed by atoms with Crippen LogP contribution in [0.15, 0.2) is 30.5 Å². The van der Waals surface area contributed by atoms with E-state index in [9.17, 15) is 10.1 Å². The minimum atomic E-state index is 0.117. The van der Waals surface area contributed by atoms with Gasteiger partial charge in [0, 0.05) is 62.5 Å². The van der Waals surface area contributed by atoms with E-state index >= 15 is 0 Å². The van der Waals surface area contributed by atoms with Crippen molar-refractivity contribution in [3.8, 4) is 6.07 Å². The summed E-state index contributed by atoms with van der Waals surface area (Å²) in [5.41, 5.74) is 2.49. The Morgan fingerprint density at radius 1 is 1.24 bits per heavy atom. The van der Waals surface area contributed by atoms with Gasteiger partial charge in [-0.15, -0.1) is 0 Å². The van der Waals surface area contributed by atoms with Crippen molar-refractivity contribution in [2.75, 3.05) is 37.6 Å². The first-order valence-corrected chi connectivity index (χ1v) is 12.8. The van der Waals surface area contributed by atoms with Crippen LogP contribution in [0.4, 0.5) is 5.69 Å². The summed E-state index contributed by atoms with van der Waals surface area (Å²) in [6, 6.07) is 10.5. The van der Waals surface area contributed by atoms with E-state index in [1.807, 2.05) is 18.2 Å². The fourth-order valence-corrected chi connectivity index (χ4v) is 5.25. The number of amides is 1. The summed E-state index contributed by atoms with van der Waals surface area (Å²) in [6.45, 7) is 8.78. The number of aromatic nitrogens is 1. The van der Waals surface area contributed by atoms with Crippen LogP contribution in [0.2, 0.25) is 0 Å². The van der Waals surface area contributed by atoms with Crippen LogP contribution in [0, 0.1) is 11.3 Å². The van der Waals surface area contributed by atoms with Crippen LogP contribution in [-0.2, 0) is 9.53 Å². The highest BCUT2D eigenvalue weighted by Gasteiger charge is 2.30. The maximum Gasteiger partial charge on any atom is 0.220 e. The number of unbranched alkanes of at least 4 members (excludes halogenated alkanes) is 2. The van der Waals surface area contributed by atoms with Crippen LogP contribution in [0.25, 0.3) is 10.9 Å². The second kappa shape index (κ2) is 11.6. The lowest BCUT2D eigenvalue weighted by atomic mass is 10.0. The van der Waals surface area contributed by atoms with Crippen molar-refractivity contribution in [2.24, 2.45) is 0 Å². The molecule has 34 heavy (non-hydrogen) atoms. The molecule has 0 bridgehead atoms. The number of pyridine rings is 1. The van der Waals surface area contributed by atoms with Crippen molar-refractivity contribution in [1.29, 1.82) is 5.26 Å². The SMILES string of the molecule is CCCCCC(=O)NC1CCN(C[C@H]2CN(c3ccc(C#N)c4ncccc34)C[C@@H](C)O2)CC1. The van der Waals surface area contributed by atoms with E-state index in [1.54, 1.807) is 6.20 Å². The molecule has 0 spiro atoms. The highest BCUT2D eigenvalue weighted by molar-refractivity contribution is 5.95. The first-order chi connectivity index (χ1) is 16.6. The van der Waals surface area contributed by atoms with Gasteiger partial charge in [0.1, 0.15) is 6.07 Å². The van der Waals surface area contributed by atoms with Gasteiger partial charge in [0.25, 0.3) is 0 Å². The number of fused-ring (bicyclic) bond motifs is 1. The van der Waals surface area contributed by atoms with Crippen LogP contribution >= 0.6 is 0 Å². The van der Waals surface area contributed by atoms with Crippen molar-refractivity contribution >= 4 is 22.5 Å². The molecular weight excluding hydrogens is 426 g/mol. The number of benzene rings is 1. The lowest BCUT2D eigenvalue weighted by Crippen LogP contribution is -2.53. The minimum absolute atomic E-state index is 0.117. The molecule has 1 aromatic heterocycles. The number of anilines is 1. The third-order valence-electron chi connectivity index (χ3n) is 6.96. The number of ether oxygens (including phenoxy) is 1. The summed E-state index contributed by atoms with van der Waals surface area (Å²) in [5, 5.41) is 13.7. The summed E-state index contributed by atoms with van der Waals surface area (Å²) < 4.78 is 6.32. The van der Waals surface area contributed by atoms with Crippen LogP contribution < -0.4 is 10.2 Å². The first kappa shape index (κ1) is 24.4. The summed E-state index contributed by atoms with van der Waals surface area (Å²) in [4.78, 5) is 21.5. The molecule has 3 heterocycles. The van der Waals surface area contributed by atoms with Crippen molar-refractivity contribution in [1.82, 2.24) is 15.2 Å². The average molecular weight is 464 g/mol. The second-order valence-electron chi connectivity index (χ2n) is 9.72. The normalized spacial score (nSPS) is 22.0.